The molecule has 2 rings (SSSR count). The second-order valence-corrected chi connectivity index (χ2v) is 4.74. The number of hydrogen-bond acceptors (Lipinski definition) is 3. The lowest BCUT2D eigenvalue weighted by molar-refractivity contribution is 0.0784. The Morgan fingerprint density at radius 1 is 1.00 bits per heavy atom. The fourth-order valence-electron chi connectivity index (χ4n) is 2.09. The predicted octanol–water partition coefficient (Wildman–Crippen LogP) is 2.98. The molecule has 0 aliphatic rings. The molecule has 2 aromatic carbocycles. The summed E-state index contributed by atoms with van der Waals surface area (Å²) >= 11 is 0. The van der Waals surface area contributed by atoms with Crippen molar-refractivity contribution in [2.45, 2.75) is 6.54 Å². The second kappa shape index (κ2) is 6.79. The molecule has 4 heteroatoms. The Hall–Kier alpha value is -2.49. The molecule has 4 nitrogen and oxygen atoms in total. The number of amides is 1. The SMILES string of the molecule is COc1cccc(CN(C)C(=O)c2cccc(OC)c2)c1. The molecule has 0 aliphatic carbocycles. The first-order chi connectivity index (χ1) is 10.1. The standard InChI is InChI=1S/C17H19NO3/c1-18(12-13-6-4-8-15(10-13)20-2)17(19)14-7-5-9-16(11-14)21-3/h4-11H,12H2,1-3H3. The lowest BCUT2D eigenvalue weighted by Gasteiger charge is -2.18. The molecule has 0 heterocycles. The van der Waals surface area contributed by atoms with E-state index in [0.29, 0.717) is 17.9 Å². The van der Waals surface area contributed by atoms with Crippen LogP contribution in [0.15, 0.2) is 48.5 Å². The van der Waals surface area contributed by atoms with Gasteiger partial charge >= 0.3 is 0 Å². The average molecular weight is 285 g/mol. The Labute approximate surface area is 124 Å². The number of nitrogens with zero attached hydrogens (tertiary/aromatic N) is 1. The summed E-state index contributed by atoms with van der Waals surface area (Å²) in [4.78, 5) is 14.1. The Morgan fingerprint density at radius 3 is 2.29 bits per heavy atom. The van der Waals surface area contributed by atoms with E-state index in [1.807, 2.05) is 36.4 Å². The first-order valence-corrected chi connectivity index (χ1v) is 6.66. The molecule has 0 saturated heterocycles. The van der Waals surface area contributed by atoms with Crippen LogP contribution >= 0.6 is 0 Å². The molecule has 0 atom stereocenters. The normalized spacial score (nSPS) is 10.0. The number of rotatable bonds is 5. The molecule has 110 valence electrons. The van der Waals surface area contributed by atoms with E-state index >= 15 is 0 Å². The van der Waals surface area contributed by atoms with Gasteiger partial charge in [-0.05, 0) is 35.9 Å². The van der Waals surface area contributed by atoms with Crippen LogP contribution in [0.1, 0.15) is 15.9 Å². The molecular weight excluding hydrogens is 266 g/mol. The van der Waals surface area contributed by atoms with Crippen molar-refractivity contribution >= 4 is 5.91 Å². The van der Waals surface area contributed by atoms with Crippen LogP contribution in [-0.2, 0) is 6.54 Å². The van der Waals surface area contributed by atoms with E-state index in [2.05, 4.69) is 0 Å². The number of carbonyl (C=O) groups is 1. The summed E-state index contributed by atoms with van der Waals surface area (Å²) in [6.07, 6.45) is 0. The number of methoxy groups -OCH3 is 2. The zero-order valence-electron chi connectivity index (χ0n) is 12.5. The smallest absolute Gasteiger partial charge is 0.254 e. The van der Waals surface area contributed by atoms with Gasteiger partial charge < -0.3 is 14.4 Å². The summed E-state index contributed by atoms with van der Waals surface area (Å²) in [5.74, 6) is 1.42. The highest BCUT2D eigenvalue weighted by atomic mass is 16.5. The number of hydrogen-bond donors (Lipinski definition) is 0. The van der Waals surface area contributed by atoms with Crippen LogP contribution < -0.4 is 9.47 Å². The molecule has 1 amide bonds. The van der Waals surface area contributed by atoms with Crippen LogP contribution in [0, 0.1) is 0 Å². The Balaban J connectivity index is 2.11. The fraction of sp³-hybridized carbons (Fsp3) is 0.235. The Morgan fingerprint density at radius 2 is 1.62 bits per heavy atom. The molecule has 0 saturated carbocycles. The number of ether oxygens (including phenoxy) is 2. The van der Waals surface area contributed by atoms with Crippen molar-refractivity contribution in [3.05, 3.63) is 59.7 Å². The highest BCUT2D eigenvalue weighted by molar-refractivity contribution is 5.94. The van der Waals surface area contributed by atoms with Gasteiger partial charge in [-0.25, -0.2) is 0 Å². The van der Waals surface area contributed by atoms with Crippen molar-refractivity contribution in [2.24, 2.45) is 0 Å². The number of carbonyl (C=O) groups excluding carboxylic acids is 1. The van der Waals surface area contributed by atoms with Crippen molar-refractivity contribution in [2.75, 3.05) is 21.3 Å². The molecule has 2 aromatic rings. The van der Waals surface area contributed by atoms with Gasteiger partial charge in [0, 0.05) is 19.2 Å². The quantitative estimate of drug-likeness (QED) is 0.847. The minimum Gasteiger partial charge on any atom is -0.497 e. The highest BCUT2D eigenvalue weighted by Crippen LogP contribution is 2.17. The third-order valence-electron chi connectivity index (χ3n) is 3.22. The summed E-state index contributed by atoms with van der Waals surface area (Å²) in [7, 11) is 5.00. The van der Waals surface area contributed by atoms with Crippen LogP contribution in [0.25, 0.3) is 0 Å². The van der Waals surface area contributed by atoms with Gasteiger partial charge in [-0.3, -0.25) is 4.79 Å². The maximum absolute atomic E-state index is 12.4. The van der Waals surface area contributed by atoms with Crippen LogP contribution in [0.3, 0.4) is 0 Å². The maximum Gasteiger partial charge on any atom is 0.254 e. The molecule has 21 heavy (non-hydrogen) atoms. The molecule has 0 spiro atoms. The first-order valence-electron chi connectivity index (χ1n) is 6.66. The topological polar surface area (TPSA) is 38.8 Å². The van der Waals surface area contributed by atoms with Crippen molar-refractivity contribution in [3.8, 4) is 11.5 Å². The zero-order valence-corrected chi connectivity index (χ0v) is 12.5. The molecule has 0 aliphatic heterocycles. The lowest BCUT2D eigenvalue weighted by atomic mass is 10.1. The van der Waals surface area contributed by atoms with E-state index in [1.54, 1.807) is 38.3 Å². The summed E-state index contributed by atoms with van der Waals surface area (Å²) in [5, 5.41) is 0. The second-order valence-electron chi connectivity index (χ2n) is 4.74. The van der Waals surface area contributed by atoms with E-state index in [0.717, 1.165) is 11.3 Å². The minimum atomic E-state index is -0.0447. The van der Waals surface area contributed by atoms with Gasteiger partial charge in [-0.2, -0.15) is 0 Å². The third kappa shape index (κ3) is 3.75. The summed E-state index contributed by atoms with van der Waals surface area (Å²) in [6, 6.07) is 14.8. The molecular formula is C17H19NO3. The van der Waals surface area contributed by atoms with E-state index in [-0.39, 0.29) is 5.91 Å². The third-order valence-corrected chi connectivity index (χ3v) is 3.22. The van der Waals surface area contributed by atoms with Gasteiger partial charge in [-0.15, -0.1) is 0 Å². The van der Waals surface area contributed by atoms with Crippen LogP contribution in [-0.4, -0.2) is 32.1 Å². The van der Waals surface area contributed by atoms with Crippen molar-refractivity contribution < 1.29 is 14.3 Å². The van der Waals surface area contributed by atoms with Gasteiger partial charge in [0.2, 0.25) is 0 Å². The number of benzene rings is 2. The zero-order chi connectivity index (χ0) is 15.2. The van der Waals surface area contributed by atoms with Gasteiger partial charge in [0.15, 0.2) is 0 Å². The monoisotopic (exact) mass is 285 g/mol. The van der Waals surface area contributed by atoms with Crippen molar-refractivity contribution in [1.29, 1.82) is 0 Å². The van der Waals surface area contributed by atoms with Crippen LogP contribution in [0.5, 0.6) is 11.5 Å². The van der Waals surface area contributed by atoms with Gasteiger partial charge in [-0.1, -0.05) is 18.2 Å². The first kappa shape index (κ1) is 14.9. The van der Waals surface area contributed by atoms with Gasteiger partial charge in [0.1, 0.15) is 11.5 Å². The summed E-state index contributed by atoms with van der Waals surface area (Å²) in [6.45, 7) is 0.521. The highest BCUT2D eigenvalue weighted by Gasteiger charge is 2.13. The molecule has 0 unspecified atom stereocenters. The van der Waals surface area contributed by atoms with Crippen LogP contribution in [0.2, 0.25) is 0 Å². The largest absolute Gasteiger partial charge is 0.497 e. The Bertz CT molecular complexity index is 625. The summed E-state index contributed by atoms with van der Waals surface area (Å²) < 4.78 is 10.3. The minimum absolute atomic E-state index is 0.0447. The van der Waals surface area contributed by atoms with E-state index in [4.69, 9.17) is 9.47 Å². The maximum atomic E-state index is 12.4. The predicted molar refractivity (Wildman–Crippen MR) is 81.8 cm³/mol. The van der Waals surface area contributed by atoms with E-state index in [1.165, 1.54) is 0 Å². The van der Waals surface area contributed by atoms with Gasteiger partial charge in [0.25, 0.3) is 5.91 Å². The lowest BCUT2D eigenvalue weighted by Crippen LogP contribution is -2.26. The van der Waals surface area contributed by atoms with Gasteiger partial charge in [0.05, 0.1) is 14.2 Å². The van der Waals surface area contributed by atoms with Crippen molar-refractivity contribution in [1.82, 2.24) is 4.90 Å². The average Bonchev–Trinajstić information content (AvgIpc) is 2.54. The van der Waals surface area contributed by atoms with Crippen LogP contribution in [0.4, 0.5) is 0 Å². The van der Waals surface area contributed by atoms with E-state index < -0.39 is 0 Å². The Kier molecular flexibility index (Phi) is 4.82. The molecule has 0 fully saturated rings. The fourth-order valence-corrected chi connectivity index (χ4v) is 2.09. The molecule has 0 bridgehead atoms. The van der Waals surface area contributed by atoms with E-state index in [9.17, 15) is 4.79 Å². The summed E-state index contributed by atoms with van der Waals surface area (Å²) in [5.41, 5.74) is 1.63. The molecule has 0 aromatic heterocycles. The van der Waals surface area contributed by atoms with Crippen molar-refractivity contribution in [3.63, 3.8) is 0 Å². The molecule has 0 N–H and O–H groups in total. The molecule has 0 radical (unpaired) electrons.